The molecule has 1 atom stereocenters. The fraction of sp³-hybridized carbons (Fsp3) is 0.667. The minimum atomic E-state index is 0.478. The summed E-state index contributed by atoms with van der Waals surface area (Å²) in [6.45, 7) is 9.83. The van der Waals surface area contributed by atoms with Crippen LogP contribution in [0.4, 0.5) is 0 Å². The largest absolute Gasteiger partial charge is 0.310 e. The molecule has 1 rings (SSSR count). The molecule has 0 amide bonds. The number of aromatic nitrogens is 1. The minimum absolute atomic E-state index is 0.478. The van der Waals surface area contributed by atoms with E-state index in [0.29, 0.717) is 6.04 Å². The van der Waals surface area contributed by atoms with Gasteiger partial charge in [0.25, 0.3) is 0 Å². The first-order valence-corrected chi connectivity index (χ1v) is 6.87. The lowest BCUT2D eigenvalue weighted by Gasteiger charge is -2.23. The highest BCUT2D eigenvalue weighted by atomic mass is 14.9. The van der Waals surface area contributed by atoms with Crippen molar-refractivity contribution in [2.75, 3.05) is 6.54 Å². The lowest BCUT2D eigenvalue weighted by Crippen LogP contribution is -2.23. The SMILES string of the molecule is CCNC(CC(CC)CC)c1ccnc(C)c1. The fourth-order valence-corrected chi connectivity index (χ4v) is 2.32. The van der Waals surface area contributed by atoms with Gasteiger partial charge in [0.15, 0.2) is 0 Å². The number of nitrogens with zero attached hydrogens (tertiary/aromatic N) is 1. The van der Waals surface area contributed by atoms with E-state index in [-0.39, 0.29) is 0 Å². The molecule has 96 valence electrons. The lowest BCUT2D eigenvalue weighted by molar-refractivity contribution is 0.375. The van der Waals surface area contributed by atoms with Gasteiger partial charge in [-0.15, -0.1) is 0 Å². The normalized spacial score (nSPS) is 13.0. The molecule has 1 heterocycles. The molecule has 17 heavy (non-hydrogen) atoms. The van der Waals surface area contributed by atoms with Gasteiger partial charge >= 0.3 is 0 Å². The van der Waals surface area contributed by atoms with Crippen LogP contribution < -0.4 is 5.32 Å². The molecule has 2 heteroatoms. The number of nitrogens with one attached hydrogen (secondary N) is 1. The number of rotatable bonds is 7. The zero-order valence-electron chi connectivity index (χ0n) is 11.7. The van der Waals surface area contributed by atoms with E-state index in [2.05, 4.69) is 50.1 Å². The van der Waals surface area contributed by atoms with Crippen LogP contribution in [0.25, 0.3) is 0 Å². The molecule has 0 aromatic carbocycles. The number of hydrogen-bond donors (Lipinski definition) is 1. The Hall–Kier alpha value is -0.890. The topological polar surface area (TPSA) is 24.9 Å². The van der Waals surface area contributed by atoms with E-state index in [1.807, 2.05) is 6.20 Å². The van der Waals surface area contributed by atoms with Crippen LogP contribution in [0.15, 0.2) is 18.3 Å². The molecule has 0 aliphatic heterocycles. The van der Waals surface area contributed by atoms with E-state index in [9.17, 15) is 0 Å². The Kier molecular flexibility index (Phi) is 6.20. The standard InChI is InChI=1S/C15H26N2/c1-5-13(6-2)11-15(16-7-3)14-8-9-17-12(4)10-14/h8-10,13,15-16H,5-7,11H2,1-4H3. The summed E-state index contributed by atoms with van der Waals surface area (Å²) >= 11 is 0. The Balaban J connectivity index is 2.77. The van der Waals surface area contributed by atoms with Crippen molar-refractivity contribution in [2.45, 2.75) is 53.0 Å². The number of aryl methyl sites for hydroxylation is 1. The molecule has 1 aromatic heterocycles. The molecular formula is C15H26N2. The highest BCUT2D eigenvalue weighted by molar-refractivity contribution is 5.19. The third-order valence-corrected chi connectivity index (χ3v) is 3.50. The van der Waals surface area contributed by atoms with Crippen LogP contribution in [-0.4, -0.2) is 11.5 Å². The van der Waals surface area contributed by atoms with Crippen molar-refractivity contribution >= 4 is 0 Å². The average molecular weight is 234 g/mol. The summed E-state index contributed by atoms with van der Waals surface area (Å²) in [4.78, 5) is 4.27. The van der Waals surface area contributed by atoms with Crippen molar-refractivity contribution in [3.05, 3.63) is 29.6 Å². The molecule has 0 fully saturated rings. The van der Waals surface area contributed by atoms with E-state index in [1.165, 1.54) is 24.8 Å². The van der Waals surface area contributed by atoms with Gasteiger partial charge in [-0.1, -0.05) is 33.6 Å². The van der Waals surface area contributed by atoms with E-state index < -0.39 is 0 Å². The van der Waals surface area contributed by atoms with Crippen molar-refractivity contribution in [1.29, 1.82) is 0 Å². The third-order valence-electron chi connectivity index (χ3n) is 3.50. The fourth-order valence-electron chi connectivity index (χ4n) is 2.32. The monoisotopic (exact) mass is 234 g/mol. The first kappa shape index (κ1) is 14.2. The van der Waals surface area contributed by atoms with Crippen molar-refractivity contribution in [2.24, 2.45) is 5.92 Å². The zero-order valence-corrected chi connectivity index (χ0v) is 11.7. The molecule has 0 saturated heterocycles. The van der Waals surface area contributed by atoms with Crippen LogP contribution in [0, 0.1) is 12.8 Å². The molecular weight excluding hydrogens is 208 g/mol. The van der Waals surface area contributed by atoms with Gasteiger partial charge in [-0.25, -0.2) is 0 Å². The Labute approximate surface area is 106 Å². The van der Waals surface area contributed by atoms with Gasteiger partial charge in [0, 0.05) is 17.9 Å². The third kappa shape index (κ3) is 4.47. The first-order valence-electron chi connectivity index (χ1n) is 6.87. The molecule has 1 N–H and O–H groups in total. The Morgan fingerprint density at radius 1 is 1.24 bits per heavy atom. The second-order valence-corrected chi connectivity index (χ2v) is 4.76. The maximum atomic E-state index is 4.27. The van der Waals surface area contributed by atoms with Crippen LogP contribution in [-0.2, 0) is 0 Å². The average Bonchev–Trinajstić information content (AvgIpc) is 2.34. The van der Waals surface area contributed by atoms with Crippen molar-refractivity contribution in [1.82, 2.24) is 10.3 Å². The van der Waals surface area contributed by atoms with Gasteiger partial charge in [0.2, 0.25) is 0 Å². The van der Waals surface area contributed by atoms with Crippen molar-refractivity contribution in [3.8, 4) is 0 Å². The molecule has 0 radical (unpaired) electrons. The summed E-state index contributed by atoms with van der Waals surface area (Å²) in [7, 11) is 0. The summed E-state index contributed by atoms with van der Waals surface area (Å²) in [5.41, 5.74) is 2.49. The number of pyridine rings is 1. The van der Waals surface area contributed by atoms with E-state index in [0.717, 1.165) is 18.2 Å². The van der Waals surface area contributed by atoms with Gasteiger partial charge in [-0.2, -0.15) is 0 Å². The van der Waals surface area contributed by atoms with Gasteiger partial charge in [0.05, 0.1) is 0 Å². The highest BCUT2D eigenvalue weighted by Gasteiger charge is 2.15. The van der Waals surface area contributed by atoms with Gasteiger partial charge in [-0.3, -0.25) is 4.98 Å². The van der Waals surface area contributed by atoms with Crippen LogP contribution >= 0.6 is 0 Å². The maximum Gasteiger partial charge on any atom is 0.0375 e. The highest BCUT2D eigenvalue weighted by Crippen LogP contribution is 2.25. The molecule has 0 saturated carbocycles. The van der Waals surface area contributed by atoms with Crippen molar-refractivity contribution in [3.63, 3.8) is 0 Å². The predicted octanol–water partition coefficient (Wildman–Crippen LogP) is 3.87. The van der Waals surface area contributed by atoms with Crippen LogP contribution in [0.3, 0.4) is 0 Å². The summed E-state index contributed by atoms with van der Waals surface area (Å²) < 4.78 is 0. The number of hydrogen-bond acceptors (Lipinski definition) is 2. The molecule has 1 aromatic rings. The molecule has 0 bridgehead atoms. The Morgan fingerprint density at radius 3 is 2.47 bits per heavy atom. The Bertz CT molecular complexity index is 318. The second kappa shape index (κ2) is 7.44. The van der Waals surface area contributed by atoms with Gasteiger partial charge in [0.1, 0.15) is 0 Å². The summed E-state index contributed by atoms with van der Waals surface area (Å²) in [6, 6.07) is 4.82. The van der Waals surface area contributed by atoms with Gasteiger partial charge < -0.3 is 5.32 Å². The van der Waals surface area contributed by atoms with Crippen molar-refractivity contribution < 1.29 is 0 Å². The van der Waals surface area contributed by atoms with Crippen LogP contribution in [0.2, 0.25) is 0 Å². The first-order chi connectivity index (χ1) is 8.21. The predicted molar refractivity (Wildman–Crippen MR) is 74.1 cm³/mol. The minimum Gasteiger partial charge on any atom is -0.310 e. The molecule has 1 unspecified atom stereocenters. The summed E-state index contributed by atoms with van der Waals surface area (Å²) in [6.07, 6.45) is 5.68. The molecule has 0 aliphatic carbocycles. The maximum absolute atomic E-state index is 4.27. The van der Waals surface area contributed by atoms with E-state index in [1.54, 1.807) is 0 Å². The van der Waals surface area contributed by atoms with Crippen LogP contribution in [0.1, 0.15) is 57.3 Å². The molecule has 0 aliphatic rings. The van der Waals surface area contributed by atoms with Crippen LogP contribution in [0.5, 0.6) is 0 Å². The molecule has 2 nitrogen and oxygen atoms in total. The second-order valence-electron chi connectivity index (χ2n) is 4.76. The quantitative estimate of drug-likeness (QED) is 0.774. The van der Waals surface area contributed by atoms with E-state index >= 15 is 0 Å². The van der Waals surface area contributed by atoms with E-state index in [4.69, 9.17) is 0 Å². The summed E-state index contributed by atoms with van der Waals surface area (Å²) in [5, 5.41) is 3.60. The summed E-state index contributed by atoms with van der Waals surface area (Å²) in [5.74, 6) is 0.813. The molecule has 0 spiro atoms. The lowest BCUT2D eigenvalue weighted by atomic mass is 9.91. The Morgan fingerprint density at radius 2 is 1.94 bits per heavy atom. The van der Waals surface area contributed by atoms with Gasteiger partial charge in [-0.05, 0) is 43.5 Å². The zero-order chi connectivity index (χ0) is 12.7. The smallest absolute Gasteiger partial charge is 0.0375 e.